The third-order valence-electron chi connectivity index (χ3n) is 2.39. The standard InChI is InChI=1S/C8H21O6Si2/c1-9-15(10-2,11-3)7-8-16(12-4,13-5)14-6/h7H,8H2,1-6H3. The molecule has 0 aromatic heterocycles. The Morgan fingerprint density at radius 1 is 0.688 bits per heavy atom. The van der Waals surface area contributed by atoms with Gasteiger partial charge in [0.15, 0.2) is 0 Å². The molecule has 8 heteroatoms. The lowest BCUT2D eigenvalue weighted by Gasteiger charge is -2.29. The van der Waals surface area contributed by atoms with Crippen molar-refractivity contribution in [3.8, 4) is 0 Å². The minimum absolute atomic E-state index is 0.470. The van der Waals surface area contributed by atoms with Gasteiger partial charge >= 0.3 is 17.6 Å². The average molecular weight is 269 g/mol. The van der Waals surface area contributed by atoms with E-state index < -0.39 is 17.6 Å². The van der Waals surface area contributed by atoms with Crippen LogP contribution >= 0.6 is 0 Å². The topological polar surface area (TPSA) is 55.4 Å². The molecule has 0 amide bonds. The molecular weight excluding hydrogens is 248 g/mol. The first-order chi connectivity index (χ1) is 7.57. The van der Waals surface area contributed by atoms with Crippen LogP contribution in [0.5, 0.6) is 0 Å². The van der Waals surface area contributed by atoms with Crippen molar-refractivity contribution in [3.63, 3.8) is 0 Å². The number of rotatable bonds is 9. The van der Waals surface area contributed by atoms with Crippen LogP contribution in [0.4, 0.5) is 0 Å². The maximum Gasteiger partial charge on any atom is 0.503 e. The van der Waals surface area contributed by atoms with Crippen LogP contribution in [-0.4, -0.2) is 60.3 Å². The Hall–Kier alpha value is 0.194. The minimum atomic E-state index is -2.71. The van der Waals surface area contributed by atoms with Gasteiger partial charge in [0.05, 0.1) is 0 Å². The molecule has 0 heterocycles. The second kappa shape index (κ2) is 7.51. The van der Waals surface area contributed by atoms with Crippen LogP contribution in [-0.2, 0) is 26.6 Å². The average Bonchev–Trinajstić information content (AvgIpc) is 2.37. The van der Waals surface area contributed by atoms with Crippen LogP contribution in [0, 0.1) is 6.04 Å². The monoisotopic (exact) mass is 269 g/mol. The van der Waals surface area contributed by atoms with E-state index in [-0.39, 0.29) is 0 Å². The first kappa shape index (κ1) is 16.2. The summed E-state index contributed by atoms with van der Waals surface area (Å²) in [4.78, 5) is 0. The molecule has 0 rings (SSSR count). The molecule has 0 aromatic rings. The van der Waals surface area contributed by atoms with Gasteiger partial charge < -0.3 is 26.6 Å². The fraction of sp³-hybridized carbons (Fsp3) is 0.875. The molecule has 0 unspecified atom stereocenters. The molecule has 0 atom stereocenters. The van der Waals surface area contributed by atoms with Crippen molar-refractivity contribution in [3.05, 3.63) is 6.04 Å². The highest BCUT2D eigenvalue weighted by Gasteiger charge is 2.46. The van der Waals surface area contributed by atoms with Gasteiger partial charge in [0.25, 0.3) is 0 Å². The van der Waals surface area contributed by atoms with E-state index in [2.05, 4.69) is 0 Å². The zero-order valence-corrected chi connectivity index (χ0v) is 12.7. The van der Waals surface area contributed by atoms with Crippen molar-refractivity contribution in [2.45, 2.75) is 6.04 Å². The van der Waals surface area contributed by atoms with Gasteiger partial charge in [-0.1, -0.05) is 0 Å². The van der Waals surface area contributed by atoms with E-state index >= 15 is 0 Å². The lowest BCUT2D eigenvalue weighted by Crippen LogP contribution is -2.49. The lowest BCUT2D eigenvalue weighted by molar-refractivity contribution is 0.117. The molecule has 0 aliphatic carbocycles. The van der Waals surface area contributed by atoms with Gasteiger partial charge in [0, 0.05) is 54.7 Å². The lowest BCUT2D eigenvalue weighted by atomic mass is 11.0. The molecule has 97 valence electrons. The normalized spacial score (nSPS) is 13.1. The summed E-state index contributed by atoms with van der Waals surface area (Å²) >= 11 is 0. The smallest absolute Gasteiger partial charge is 0.377 e. The summed E-state index contributed by atoms with van der Waals surface area (Å²) in [6, 6.07) is 2.29. The summed E-state index contributed by atoms with van der Waals surface area (Å²) in [6.45, 7) is 0. The van der Waals surface area contributed by atoms with E-state index in [0.29, 0.717) is 6.04 Å². The summed E-state index contributed by atoms with van der Waals surface area (Å²) < 4.78 is 31.6. The molecule has 1 radical (unpaired) electrons. The van der Waals surface area contributed by atoms with E-state index in [9.17, 15) is 0 Å². The van der Waals surface area contributed by atoms with Crippen molar-refractivity contribution in [1.82, 2.24) is 0 Å². The SMILES string of the molecule is CO[Si]([CH]C[Si](OC)(OC)OC)(OC)OC. The van der Waals surface area contributed by atoms with E-state index in [1.807, 2.05) is 6.04 Å². The van der Waals surface area contributed by atoms with Crippen molar-refractivity contribution in [2.24, 2.45) is 0 Å². The summed E-state index contributed by atoms with van der Waals surface area (Å²) in [5.74, 6) is 0. The van der Waals surface area contributed by atoms with Crippen LogP contribution in [0.15, 0.2) is 0 Å². The highest BCUT2D eigenvalue weighted by molar-refractivity contribution is 6.69. The second-order valence-corrected chi connectivity index (χ2v) is 8.76. The minimum Gasteiger partial charge on any atom is -0.377 e. The number of hydrogen-bond acceptors (Lipinski definition) is 6. The third kappa shape index (κ3) is 3.89. The summed E-state index contributed by atoms with van der Waals surface area (Å²) in [5.41, 5.74) is 0. The summed E-state index contributed by atoms with van der Waals surface area (Å²) in [5, 5.41) is 0. The Labute approximate surface area is 99.5 Å². The first-order valence-corrected chi connectivity index (χ1v) is 8.46. The third-order valence-corrected chi connectivity index (χ3v) is 7.78. The van der Waals surface area contributed by atoms with Gasteiger partial charge in [0.2, 0.25) is 0 Å². The Morgan fingerprint density at radius 3 is 1.31 bits per heavy atom. The van der Waals surface area contributed by atoms with Crippen LogP contribution in [0.25, 0.3) is 0 Å². The Balaban J connectivity index is 4.48. The molecule has 0 aromatic carbocycles. The van der Waals surface area contributed by atoms with Gasteiger partial charge in [-0.05, 0) is 0 Å². The van der Waals surface area contributed by atoms with Crippen molar-refractivity contribution >= 4 is 17.6 Å². The fourth-order valence-electron chi connectivity index (χ4n) is 1.25. The van der Waals surface area contributed by atoms with Gasteiger partial charge in [0.1, 0.15) is 0 Å². The maximum atomic E-state index is 5.28. The van der Waals surface area contributed by atoms with Gasteiger partial charge in [-0.25, -0.2) is 0 Å². The van der Waals surface area contributed by atoms with Crippen LogP contribution < -0.4 is 0 Å². The van der Waals surface area contributed by atoms with Crippen LogP contribution in [0.2, 0.25) is 6.04 Å². The maximum absolute atomic E-state index is 5.28. The highest BCUT2D eigenvalue weighted by Crippen LogP contribution is 2.21. The number of hydrogen-bond donors (Lipinski definition) is 0. The van der Waals surface area contributed by atoms with Gasteiger partial charge in [-0.2, -0.15) is 0 Å². The summed E-state index contributed by atoms with van der Waals surface area (Å²) in [7, 11) is 3.97. The van der Waals surface area contributed by atoms with Crippen molar-refractivity contribution in [1.29, 1.82) is 0 Å². The predicted octanol–water partition coefficient (Wildman–Crippen LogP) is 0.486. The van der Waals surface area contributed by atoms with E-state index in [4.69, 9.17) is 26.6 Å². The van der Waals surface area contributed by atoms with Crippen molar-refractivity contribution < 1.29 is 26.6 Å². The largest absolute Gasteiger partial charge is 0.503 e. The Bertz CT molecular complexity index is 147. The zero-order valence-electron chi connectivity index (χ0n) is 10.7. The van der Waals surface area contributed by atoms with Gasteiger partial charge in [-0.3, -0.25) is 0 Å². The van der Waals surface area contributed by atoms with Gasteiger partial charge in [-0.15, -0.1) is 0 Å². The zero-order chi connectivity index (χ0) is 12.7. The molecule has 0 aliphatic heterocycles. The van der Waals surface area contributed by atoms with E-state index in [1.54, 1.807) is 42.7 Å². The molecule has 0 bridgehead atoms. The molecule has 0 saturated carbocycles. The van der Waals surface area contributed by atoms with E-state index in [1.165, 1.54) is 0 Å². The predicted molar refractivity (Wildman–Crippen MR) is 62.7 cm³/mol. The van der Waals surface area contributed by atoms with Crippen molar-refractivity contribution in [2.75, 3.05) is 42.7 Å². The highest BCUT2D eigenvalue weighted by atomic mass is 28.4. The fourth-order valence-corrected chi connectivity index (χ4v) is 5.25. The molecule has 0 aliphatic rings. The van der Waals surface area contributed by atoms with Crippen LogP contribution in [0.1, 0.15) is 0 Å². The molecule has 16 heavy (non-hydrogen) atoms. The molecule has 0 N–H and O–H groups in total. The Kier molecular flexibility index (Phi) is 7.60. The molecule has 6 nitrogen and oxygen atoms in total. The molecule has 0 spiro atoms. The molecule has 0 saturated heterocycles. The quantitative estimate of drug-likeness (QED) is 0.568. The van der Waals surface area contributed by atoms with E-state index in [0.717, 1.165) is 0 Å². The summed E-state index contributed by atoms with van der Waals surface area (Å²) in [6.07, 6.45) is 0. The molecular formula is C8H21O6Si2. The first-order valence-electron chi connectivity index (χ1n) is 4.72. The second-order valence-electron chi connectivity index (χ2n) is 2.92. The Morgan fingerprint density at radius 2 is 1.06 bits per heavy atom. The molecule has 0 fully saturated rings. The van der Waals surface area contributed by atoms with Crippen LogP contribution in [0.3, 0.4) is 0 Å².